The van der Waals surface area contributed by atoms with E-state index < -0.39 is 0 Å². The molecule has 0 saturated carbocycles. The van der Waals surface area contributed by atoms with E-state index in [2.05, 4.69) is 25.9 Å². The predicted octanol–water partition coefficient (Wildman–Crippen LogP) is 4.93. The Balaban J connectivity index is 2.36. The summed E-state index contributed by atoms with van der Waals surface area (Å²) in [6, 6.07) is 6.80. The van der Waals surface area contributed by atoms with Gasteiger partial charge in [-0.3, -0.25) is 4.57 Å². The lowest BCUT2D eigenvalue weighted by atomic mass is 10.2. The highest BCUT2D eigenvalue weighted by Crippen LogP contribution is 2.29. The van der Waals surface area contributed by atoms with Gasteiger partial charge in [0.2, 0.25) is 0 Å². The first-order valence-corrected chi connectivity index (χ1v) is 7.65. The van der Waals surface area contributed by atoms with Crippen LogP contribution in [0, 0.1) is 12.7 Å². The maximum atomic E-state index is 13.8. The first kappa shape index (κ1) is 14.5. The smallest absolute Gasteiger partial charge is 0.164 e. The van der Waals surface area contributed by atoms with Crippen molar-refractivity contribution in [1.82, 2.24) is 14.5 Å². The molecule has 108 valence electrons. The highest BCUT2D eigenvalue weighted by atomic mass is 79.9. The van der Waals surface area contributed by atoms with Crippen molar-refractivity contribution in [3.63, 3.8) is 0 Å². The van der Waals surface area contributed by atoms with E-state index in [1.54, 1.807) is 22.9 Å². The molecule has 2 aromatic heterocycles. The van der Waals surface area contributed by atoms with Crippen LogP contribution in [0.5, 0.6) is 0 Å². The molecule has 0 bridgehead atoms. The summed E-state index contributed by atoms with van der Waals surface area (Å²) in [5, 5.41) is -0.315. The third-order valence-electron chi connectivity index (χ3n) is 3.29. The fourth-order valence-electron chi connectivity index (χ4n) is 2.26. The van der Waals surface area contributed by atoms with Gasteiger partial charge in [-0.25, -0.2) is 14.4 Å². The number of aryl methyl sites for hydroxylation is 1. The molecule has 0 aliphatic heterocycles. The molecular formula is C15H12BrClFN3. The van der Waals surface area contributed by atoms with Crippen molar-refractivity contribution in [1.29, 1.82) is 0 Å². The Morgan fingerprint density at radius 3 is 2.76 bits per heavy atom. The van der Waals surface area contributed by atoms with Crippen LogP contribution in [0.15, 0.2) is 34.9 Å². The zero-order chi connectivity index (χ0) is 15.1. The molecule has 1 aromatic carbocycles. The number of benzene rings is 1. The summed E-state index contributed by atoms with van der Waals surface area (Å²) in [5.74, 6) is 0.311. The van der Waals surface area contributed by atoms with Gasteiger partial charge in [0, 0.05) is 6.20 Å². The monoisotopic (exact) mass is 367 g/mol. The minimum Gasteiger partial charge on any atom is -0.279 e. The van der Waals surface area contributed by atoms with Crippen LogP contribution in [0.1, 0.15) is 23.7 Å². The lowest BCUT2D eigenvalue weighted by molar-refractivity contribution is 0.619. The molecule has 1 atom stereocenters. The molecule has 3 rings (SSSR count). The van der Waals surface area contributed by atoms with E-state index in [9.17, 15) is 4.39 Å². The first-order valence-electron chi connectivity index (χ1n) is 6.42. The number of nitrogens with zero attached hydrogens (tertiary/aromatic N) is 3. The minimum absolute atomic E-state index is 0.315. The predicted molar refractivity (Wildman–Crippen MR) is 85.5 cm³/mol. The molecule has 0 N–H and O–H groups in total. The maximum absolute atomic E-state index is 13.8. The second-order valence-corrected chi connectivity index (χ2v) is 6.33. The largest absolute Gasteiger partial charge is 0.279 e. The molecule has 2 heterocycles. The van der Waals surface area contributed by atoms with Gasteiger partial charge in [-0.15, -0.1) is 11.6 Å². The Morgan fingerprint density at radius 2 is 2.10 bits per heavy atom. The van der Waals surface area contributed by atoms with Gasteiger partial charge in [0.05, 0.1) is 15.5 Å². The summed E-state index contributed by atoms with van der Waals surface area (Å²) in [5.41, 5.74) is 3.12. The average molecular weight is 369 g/mol. The molecule has 0 amide bonds. The maximum Gasteiger partial charge on any atom is 0.164 e. The van der Waals surface area contributed by atoms with E-state index in [1.807, 2.05) is 19.9 Å². The van der Waals surface area contributed by atoms with Crippen LogP contribution in [0.3, 0.4) is 0 Å². The van der Waals surface area contributed by atoms with Gasteiger partial charge in [0.1, 0.15) is 17.2 Å². The SMILES string of the molecule is Cc1ccnc2c1nc(C(C)Cl)n2-c1ccc(Br)c(F)c1. The van der Waals surface area contributed by atoms with Gasteiger partial charge in [0.15, 0.2) is 5.65 Å². The highest BCUT2D eigenvalue weighted by Gasteiger charge is 2.19. The summed E-state index contributed by atoms with van der Waals surface area (Å²) in [4.78, 5) is 8.96. The molecule has 0 aliphatic carbocycles. The molecule has 0 spiro atoms. The molecule has 0 aliphatic rings. The summed E-state index contributed by atoms with van der Waals surface area (Å²) in [7, 11) is 0. The second kappa shape index (κ2) is 5.39. The van der Waals surface area contributed by atoms with Crippen molar-refractivity contribution in [2.75, 3.05) is 0 Å². The Hall–Kier alpha value is -1.46. The van der Waals surface area contributed by atoms with Crippen molar-refractivity contribution in [3.8, 4) is 5.69 Å². The molecule has 0 fully saturated rings. The van der Waals surface area contributed by atoms with Gasteiger partial charge in [-0.05, 0) is 59.6 Å². The number of fused-ring (bicyclic) bond motifs is 1. The first-order chi connectivity index (χ1) is 9.99. The van der Waals surface area contributed by atoms with Crippen LogP contribution < -0.4 is 0 Å². The van der Waals surface area contributed by atoms with Gasteiger partial charge in [-0.2, -0.15) is 0 Å². The fourth-order valence-corrected chi connectivity index (χ4v) is 2.65. The molecule has 0 saturated heterocycles. The van der Waals surface area contributed by atoms with Gasteiger partial charge >= 0.3 is 0 Å². The van der Waals surface area contributed by atoms with Gasteiger partial charge in [0.25, 0.3) is 0 Å². The summed E-state index contributed by atoms with van der Waals surface area (Å²) in [6.45, 7) is 3.80. The molecule has 3 aromatic rings. The Kier molecular flexibility index (Phi) is 3.71. The number of hydrogen-bond acceptors (Lipinski definition) is 2. The number of aromatic nitrogens is 3. The molecular weight excluding hydrogens is 357 g/mol. The van der Waals surface area contributed by atoms with Crippen LogP contribution in [0.25, 0.3) is 16.9 Å². The van der Waals surface area contributed by atoms with Gasteiger partial charge < -0.3 is 0 Å². The number of rotatable bonds is 2. The quantitative estimate of drug-likeness (QED) is 0.600. The van der Waals surface area contributed by atoms with E-state index in [0.717, 1.165) is 11.1 Å². The molecule has 0 radical (unpaired) electrons. The number of hydrogen-bond donors (Lipinski definition) is 0. The summed E-state index contributed by atoms with van der Waals surface area (Å²) >= 11 is 9.40. The van der Waals surface area contributed by atoms with E-state index in [1.165, 1.54) is 6.07 Å². The fraction of sp³-hybridized carbons (Fsp3) is 0.200. The van der Waals surface area contributed by atoms with Crippen LogP contribution in [-0.2, 0) is 0 Å². The van der Waals surface area contributed by atoms with Crippen molar-refractivity contribution < 1.29 is 4.39 Å². The van der Waals surface area contributed by atoms with Crippen LogP contribution >= 0.6 is 27.5 Å². The van der Waals surface area contributed by atoms with Crippen LogP contribution in [-0.4, -0.2) is 14.5 Å². The molecule has 1 unspecified atom stereocenters. The van der Waals surface area contributed by atoms with Crippen LogP contribution in [0.4, 0.5) is 4.39 Å². The Morgan fingerprint density at radius 1 is 1.33 bits per heavy atom. The number of halogens is 3. The van der Waals surface area contributed by atoms with E-state index in [-0.39, 0.29) is 11.2 Å². The molecule has 6 heteroatoms. The third-order valence-corrected chi connectivity index (χ3v) is 4.13. The molecule has 21 heavy (non-hydrogen) atoms. The lowest BCUT2D eigenvalue weighted by Gasteiger charge is -2.10. The van der Waals surface area contributed by atoms with Crippen molar-refractivity contribution >= 4 is 38.7 Å². The third kappa shape index (κ3) is 2.45. The number of alkyl halides is 1. The van der Waals surface area contributed by atoms with E-state index in [4.69, 9.17) is 11.6 Å². The topological polar surface area (TPSA) is 30.7 Å². The highest BCUT2D eigenvalue weighted by molar-refractivity contribution is 9.10. The zero-order valence-electron chi connectivity index (χ0n) is 11.4. The Labute approximate surface area is 134 Å². The lowest BCUT2D eigenvalue weighted by Crippen LogP contribution is -2.03. The summed E-state index contributed by atoms with van der Waals surface area (Å²) < 4.78 is 16.1. The van der Waals surface area contributed by atoms with Crippen molar-refractivity contribution in [2.24, 2.45) is 0 Å². The van der Waals surface area contributed by atoms with Crippen molar-refractivity contribution in [3.05, 3.63) is 52.1 Å². The minimum atomic E-state index is -0.338. The number of imidazole rings is 1. The Bertz CT molecular complexity index is 829. The van der Waals surface area contributed by atoms with E-state index in [0.29, 0.717) is 21.6 Å². The van der Waals surface area contributed by atoms with E-state index >= 15 is 0 Å². The second-order valence-electron chi connectivity index (χ2n) is 4.82. The van der Waals surface area contributed by atoms with Crippen LogP contribution in [0.2, 0.25) is 0 Å². The average Bonchev–Trinajstić information content (AvgIpc) is 2.83. The standard InChI is InChI=1S/C15H12BrClFN3/c1-8-5-6-19-15-13(8)20-14(9(2)17)21(15)10-3-4-11(16)12(18)7-10/h3-7,9H,1-2H3. The summed E-state index contributed by atoms with van der Waals surface area (Å²) in [6.07, 6.45) is 1.72. The van der Waals surface area contributed by atoms with Crippen molar-refractivity contribution in [2.45, 2.75) is 19.2 Å². The van der Waals surface area contributed by atoms with Gasteiger partial charge in [-0.1, -0.05) is 0 Å². The number of pyridine rings is 1. The molecule has 3 nitrogen and oxygen atoms in total. The normalized spacial score (nSPS) is 12.8. The zero-order valence-corrected chi connectivity index (χ0v) is 13.8.